The summed E-state index contributed by atoms with van der Waals surface area (Å²) >= 11 is 0. The zero-order valence-corrected chi connectivity index (χ0v) is 14.8. The van der Waals surface area contributed by atoms with Crippen molar-refractivity contribution in [2.24, 2.45) is 5.73 Å². The highest BCUT2D eigenvalue weighted by Crippen LogP contribution is 2.15. The standard InChI is InChI=1S/C20H22N2O5/c21-19(24)12-11-18(20(25)26-14-17-9-5-2-6-10-17)22(27-15-23)13-16-7-3-1-4-8-16/h1-10,15,18H,11-14H2,(H2,21,24)/t18-/m0/s1. The molecule has 2 aromatic rings. The molecule has 0 aromatic heterocycles. The molecule has 2 rings (SSSR count). The molecule has 0 saturated carbocycles. The van der Waals surface area contributed by atoms with Crippen LogP contribution in [0.4, 0.5) is 0 Å². The lowest BCUT2D eigenvalue weighted by Crippen LogP contribution is -2.42. The average molecular weight is 370 g/mol. The molecule has 0 radical (unpaired) electrons. The van der Waals surface area contributed by atoms with Gasteiger partial charge in [0.1, 0.15) is 12.6 Å². The fourth-order valence-corrected chi connectivity index (χ4v) is 2.52. The Morgan fingerprint density at radius 2 is 1.59 bits per heavy atom. The van der Waals surface area contributed by atoms with Crippen LogP contribution in [0.15, 0.2) is 60.7 Å². The largest absolute Gasteiger partial charge is 0.460 e. The summed E-state index contributed by atoms with van der Waals surface area (Å²) in [5.74, 6) is -1.15. The van der Waals surface area contributed by atoms with E-state index in [1.807, 2.05) is 60.7 Å². The van der Waals surface area contributed by atoms with Crippen LogP contribution in [-0.2, 0) is 37.1 Å². The summed E-state index contributed by atoms with van der Waals surface area (Å²) in [6.07, 6.45) is 0.0300. The first-order valence-electron chi connectivity index (χ1n) is 8.50. The van der Waals surface area contributed by atoms with Gasteiger partial charge in [-0.25, -0.2) is 0 Å². The second kappa shape index (κ2) is 10.7. The lowest BCUT2D eigenvalue weighted by Gasteiger charge is -2.27. The molecule has 0 aliphatic carbocycles. The Morgan fingerprint density at radius 1 is 1.00 bits per heavy atom. The van der Waals surface area contributed by atoms with Crippen LogP contribution in [0, 0.1) is 0 Å². The van der Waals surface area contributed by atoms with Gasteiger partial charge in [0.2, 0.25) is 5.91 Å². The molecule has 27 heavy (non-hydrogen) atoms. The van der Waals surface area contributed by atoms with E-state index < -0.39 is 17.9 Å². The van der Waals surface area contributed by atoms with Crippen molar-refractivity contribution in [1.29, 1.82) is 0 Å². The van der Waals surface area contributed by atoms with Crippen molar-refractivity contribution < 1.29 is 24.0 Å². The van der Waals surface area contributed by atoms with Gasteiger partial charge in [-0.3, -0.25) is 14.4 Å². The van der Waals surface area contributed by atoms with Crippen LogP contribution in [0.1, 0.15) is 24.0 Å². The van der Waals surface area contributed by atoms with E-state index >= 15 is 0 Å². The minimum absolute atomic E-state index is 0.0430. The second-order valence-corrected chi connectivity index (χ2v) is 5.88. The summed E-state index contributed by atoms with van der Waals surface area (Å²) in [5.41, 5.74) is 6.87. The Morgan fingerprint density at radius 3 is 2.15 bits per heavy atom. The molecular formula is C20H22N2O5. The molecule has 2 N–H and O–H groups in total. The van der Waals surface area contributed by atoms with Crippen LogP contribution in [0.2, 0.25) is 0 Å². The number of nitrogens with two attached hydrogens (primary N) is 1. The van der Waals surface area contributed by atoms with Crippen molar-refractivity contribution in [2.45, 2.75) is 32.0 Å². The third-order valence-corrected chi connectivity index (χ3v) is 3.87. The highest BCUT2D eigenvalue weighted by atomic mass is 16.7. The summed E-state index contributed by atoms with van der Waals surface area (Å²) in [5, 5.41) is 1.21. The summed E-state index contributed by atoms with van der Waals surface area (Å²) in [6, 6.07) is 17.4. The first kappa shape index (κ1) is 20.1. The van der Waals surface area contributed by atoms with Crippen LogP contribution in [0.3, 0.4) is 0 Å². The van der Waals surface area contributed by atoms with Gasteiger partial charge in [-0.15, -0.1) is 5.06 Å². The number of esters is 1. The number of benzene rings is 2. The number of primary amides is 1. The van der Waals surface area contributed by atoms with Crippen LogP contribution < -0.4 is 5.73 Å². The van der Waals surface area contributed by atoms with E-state index in [9.17, 15) is 14.4 Å². The Kier molecular flexibility index (Phi) is 7.99. The maximum Gasteiger partial charge on any atom is 0.327 e. The van der Waals surface area contributed by atoms with Crippen molar-refractivity contribution >= 4 is 18.3 Å². The smallest absolute Gasteiger partial charge is 0.327 e. The van der Waals surface area contributed by atoms with Gasteiger partial charge in [-0.05, 0) is 17.5 Å². The van der Waals surface area contributed by atoms with Gasteiger partial charge in [0.05, 0.1) is 6.54 Å². The first-order valence-corrected chi connectivity index (χ1v) is 8.50. The van der Waals surface area contributed by atoms with E-state index in [1.165, 1.54) is 5.06 Å². The minimum atomic E-state index is -0.952. The van der Waals surface area contributed by atoms with E-state index in [0.717, 1.165) is 11.1 Å². The van der Waals surface area contributed by atoms with Crippen molar-refractivity contribution in [3.8, 4) is 0 Å². The number of hydrogen-bond donors (Lipinski definition) is 1. The highest BCUT2D eigenvalue weighted by Gasteiger charge is 2.30. The van der Waals surface area contributed by atoms with Gasteiger partial charge < -0.3 is 15.3 Å². The summed E-state index contributed by atoms with van der Waals surface area (Å²) in [7, 11) is 0. The van der Waals surface area contributed by atoms with Crippen LogP contribution in [-0.4, -0.2) is 29.5 Å². The van der Waals surface area contributed by atoms with Gasteiger partial charge in [-0.2, -0.15) is 0 Å². The normalized spacial score (nSPS) is 11.6. The molecule has 0 fully saturated rings. The van der Waals surface area contributed by atoms with Crippen molar-refractivity contribution in [3.63, 3.8) is 0 Å². The predicted molar refractivity (Wildman–Crippen MR) is 97.6 cm³/mol. The topological polar surface area (TPSA) is 98.9 Å². The Hall–Kier alpha value is -3.19. The minimum Gasteiger partial charge on any atom is -0.460 e. The molecule has 142 valence electrons. The molecule has 0 aliphatic heterocycles. The van der Waals surface area contributed by atoms with Gasteiger partial charge in [-0.1, -0.05) is 60.7 Å². The van der Waals surface area contributed by atoms with Gasteiger partial charge in [0.15, 0.2) is 0 Å². The zero-order valence-electron chi connectivity index (χ0n) is 14.8. The number of ether oxygens (including phenoxy) is 1. The quantitative estimate of drug-likeness (QED) is 0.369. The number of hydroxylamine groups is 2. The molecule has 2 aromatic carbocycles. The van der Waals surface area contributed by atoms with Gasteiger partial charge in [0, 0.05) is 6.42 Å². The Balaban J connectivity index is 2.11. The Labute approximate surface area is 157 Å². The van der Waals surface area contributed by atoms with E-state index in [0.29, 0.717) is 0 Å². The van der Waals surface area contributed by atoms with Crippen LogP contribution >= 0.6 is 0 Å². The molecule has 0 unspecified atom stereocenters. The predicted octanol–water partition coefficient (Wildman–Crippen LogP) is 1.95. The second-order valence-electron chi connectivity index (χ2n) is 5.88. The molecule has 7 heteroatoms. The van der Waals surface area contributed by atoms with Crippen LogP contribution in [0.5, 0.6) is 0 Å². The summed E-state index contributed by atoms with van der Waals surface area (Å²) in [4.78, 5) is 39.8. The molecule has 0 bridgehead atoms. The molecule has 7 nitrogen and oxygen atoms in total. The molecule has 0 aliphatic rings. The maximum absolute atomic E-state index is 12.6. The maximum atomic E-state index is 12.6. The van der Waals surface area contributed by atoms with E-state index in [2.05, 4.69) is 0 Å². The molecule has 1 atom stereocenters. The van der Waals surface area contributed by atoms with E-state index in [-0.39, 0.29) is 32.5 Å². The lowest BCUT2D eigenvalue weighted by atomic mass is 10.1. The van der Waals surface area contributed by atoms with Gasteiger partial charge >= 0.3 is 12.4 Å². The number of carbonyl (C=O) groups is 3. The molecule has 0 spiro atoms. The number of carbonyl (C=O) groups excluding carboxylic acids is 3. The molecule has 0 heterocycles. The average Bonchev–Trinajstić information content (AvgIpc) is 2.68. The molecule has 0 saturated heterocycles. The highest BCUT2D eigenvalue weighted by molar-refractivity contribution is 5.78. The number of amides is 1. The molecule has 1 amide bonds. The van der Waals surface area contributed by atoms with Crippen molar-refractivity contribution in [3.05, 3.63) is 71.8 Å². The van der Waals surface area contributed by atoms with Crippen molar-refractivity contribution in [1.82, 2.24) is 5.06 Å². The third-order valence-electron chi connectivity index (χ3n) is 3.87. The fraction of sp³-hybridized carbons (Fsp3) is 0.250. The zero-order chi connectivity index (χ0) is 19.5. The molecular weight excluding hydrogens is 348 g/mol. The Bertz CT molecular complexity index is 737. The van der Waals surface area contributed by atoms with Gasteiger partial charge in [0.25, 0.3) is 0 Å². The summed E-state index contributed by atoms with van der Waals surface area (Å²) in [6.45, 7) is 0.487. The third kappa shape index (κ3) is 6.91. The number of hydrogen-bond acceptors (Lipinski definition) is 6. The van der Waals surface area contributed by atoms with Crippen molar-refractivity contribution in [2.75, 3.05) is 0 Å². The monoisotopic (exact) mass is 370 g/mol. The van der Waals surface area contributed by atoms with E-state index in [4.69, 9.17) is 15.3 Å². The SMILES string of the molecule is NC(=O)CC[C@@H](C(=O)OCc1ccccc1)N(Cc1ccccc1)OC=O. The van der Waals surface area contributed by atoms with Crippen LogP contribution in [0.25, 0.3) is 0 Å². The summed E-state index contributed by atoms with van der Waals surface area (Å²) < 4.78 is 5.36. The number of nitrogens with zero attached hydrogens (tertiary/aromatic N) is 1. The lowest BCUT2D eigenvalue weighted by molar-refractivity contribution is -0.201. The fourth-order valence-electron chi connectivity index (χ4n) is 2.52. The van der Waals surface area contributed by atoms with E-state index in [1.54, 1.807) is 0 Å². The first-order chi connectivity index (χ1) is 13.1. The number of rotatable bonds is 11.